The Morgan fingerprint density at radius 3 is 2.95 bits per heavy atom. The number of carbonyl (C=O) groups is 2. The number of rotatable bonds is 5. The fourth-order valence-corrected chi connectivity index (χ4v) is 2.88. The third-order valence-corrected chi connectivity index (χ3v) is 3.80. The molecule has 2 rings (SSSR count). The van der Waals surface area contributed by atoms with Crippen molar-refractivity contribution in [2.45, 2.75) is 19.9 Å². The van der Waals surface area contributed by atoms with Gasteiger partial charge in [-0.15, -0.1) is 11.3 Å². The first-order chi connectivity index (χ1) is 9.49. The molecule has 0 radical (unpaired) electrons. The summed E-state index contributed by atoms with van der Waals surface area (Å²) in [6.07, 6.45) is 1.92. The van der Waals surface area contributed by atoms with E-state index in [0.29, 0.717) is 23.1 Å². The second-order valence-electron chi connectivity index (χ2n) is 4.07. The highest BCUT2D eigenvalue weighted by Crippen LogP contribution is 2.19. The molecular weight excluding hydrogens is 344 g/mol. The number of hydrogen-bond donors (Lipinski definition) is 2. The third-order valence-electron chi connectivity index (χ3n) is 2.56. The molecule has 2 amide bonds. The number of primary amides is 1. The number of anilines is 1. The maximum absolute atomic E-state index is 12.2. The minimum atomic E-state index is -0.447. The molecule has 0 saturated carbocycles. The predicted octanol–water partition coefficient (Wildman–Crippen LogP) is 2.01. The van der Waals surface area contributed by atoms with Crippen molar-refractivity contribution in [1.29, 1.82) is 0 Å². The Bertz CT molecular complexity index is 650. The zero-order valence-electron chi connectivity index (χ0n) is 10.7. The molecule has 8 heteroatoms. The van der Waals surface area contributed by atoms with E-state index in [-0.39, 0.29) is 12.3 Å². The van der Waals surface area contributed by atoms with E-state index >= 15 is 0 Å². The lowest BCUT2D eigenvalue weighted by atomic mass is 10.3. The van der Waals surface area contributed by atoms with Crippen molar-refractivity contribution in [3.05, 3.63) is 33.5 Å². The van der Waals surface area contributed by atoms with Crippen LogP contribution in [-0.2, 0) is 17.8 Å². The second-order valence-corrected chi connectivity index (χ2v) is 5.84. The first kappa shape index (κ1) is 14.7. The molecule has 3 N–H and O–H groups in total. The first-order valence-electron chi connectivity index (χ1n) is 5.89. The minimum absolute atomic E-state index is 0.0727. The van der Waals surface area contributed by atoms with Gasteiger partial charge in [-0.1, -0.05) is 0 Å². The Hall–Kier alpha value is -1.67. The van der Waals surface area contributed by atoms with Crippen LogP contribution in [0.3, 0.4) is 0 Å². The van der Waals surface area contributed by atoms with Crippen molar-refractivity contribution in [1.82, 2.24) is 9.55 Å². The smallest absolute Gasteiger partial charge is 0.274 e. The lowest BCUT2D eigenvalue weighted by molar-refractivity contribution is -0.117. The Morgan fingerprint density at radius 1 is 1.55 bits per heavy atom. The van der Waals surface area contributed by atoms with Crippen molar-refractivity contribution >= 4 is 44.2 Å². The summed E-state index contributed by atoms with van der Waals surface area (Å²) in [5.74, 6) is -0.686. The van der Waals surface area contributed by atoms with Crippen LogP contribution in [0.2, 0.25) is 0 Å². The van der Waals surface area contributed by atoms with Crippen LogP contribution >= 0.6 is 27.3 Å². The summed E-state index contributed by atoms with van der Waals surface area (Å²) in [6, 6.07) is 1.75. The van der Waals surface area contributed by atoms with Gasteiger partial charge in [-0.05, 0) is 28.9 Å². The molecule has 0 spiro atoms. The summed E-state index contributed by atoms with van der Waals surface area (Å²) in [7, 11) is 0. The fraction of sp³-hybridized carbons (Fsp3) is 0.250. The van der Waals surface area contributed by atoms with Gasteiger partial charge in [0, 0.05) is 22.6 Å². The number of halogens is 1. The van der Waals surface area contributed by atoms with Crippen LogP contribution in [0.15, 0.2) is 22.1 Å². The molecule has 0 saturated heterocycles. The SMILES string of the molecule is CCn1cc(Br)cc1C(=O)Nc1nc(CC(N)=O)cs1. The van der Waals surface area contributed by atoms with Gasteiger partial charge in [-0.3, -0.25) is 14.9 Å². The van der Waals surface area contributed by atoms with E-state index in [1.54, 1.807) is 11.4 Å². The molecule has 0 aliphatic rings. The average Bonchev–Trinajstić information content (AvgIpc) is 2.95. The normalized spacial score (nSPS) is 10.5. The molecule has 0 aliphatic heterocycles. The zero-order chi connectivity index (χ0) is 14.7. The molecule has 0 atom stereocenters. The van der Waals surface area contributed by atoms with E-state index in [1.807, 2.05) is 17.7 Å². The van der Waals surface area contributed by atoms with E-state index < -0.39 is 5.91 Å². The summed E-state index contributed by atoms with van der Waals surface area (Å²) >= 11 is 4.61. The number of amides is 2. The van der Waals surface area contributed by atoms with Gasteiger partial charge in [-0.2, -0.15) is 0 Å². The van der Waals surface area contributed by atoms with E-state index in [2.05, 4.69) is 26.2 Å². The molecule has 2 aromatic rings. The topological polar surface area (TPSA) is 90.0 Å². The number of hydrogen-bond acceptors (Lipinski definition) is 4. The Kier molecular flexibility index (Phi) is 4.56. The number of aromatic nitrogens is 2. The van der Waals surface area contributed by atoms with Gasteiger partial charge in [0.2, 0.25) is 5.91 Å². The standard InChI is InChI=1S/C12H13BrN4O2S/c1-2-17-5-7(13)3-9(17)11(19)16-12-15-8(6-20-12)4-10(14)18/h3,5-6H,2,4H2,1H3,(H2,14,18)(H,15,16,19). The van der Waals surface area contributed by atoms with E-state index in [9.17, 15) is 9.59 Å². The van der Waals surface area contributed by atoms with Gasteiger partial charge in [-0.25, -0.2) is 4.98 Å². The van der Waals surface area contributed by atoms with Crippen molar-refractivity contribution in [2.24, 2.45) is 5.73 Å². The van der Waals surface area contributed by atoms with Crippen LogP contribution in [0.1, 0.15) is 23.1 Å². The van der Waals surface area contributed by atoms with Crippen LogP contribution in [-0.4, -0.2) is 21.4 Å². The molecule has 2 aromatic heterocycles. The van der Waals surface area contributed by atoms with Crippen molar-refractivity contribution in [3.63, 3.8) is 0 Å². The zero-order valence-corrected chi connectivity index (χ0v) is 13.1. The molecule has 0 unspecified atom stereocenters. The maximum Gasteiger partial charge on any atom is 0.274 e. The van der Waals surface area contributed by atoms with E-state index in [1.165, 1.54) is 11.3 Å². The Labute approximate surface area is 128 Å². The number of nitrogens with zero attached hydrogens (tertiary/aromatic N) is 2. The number of carbonyl (C=O) groups excluding carboxylic acids is 2. The molecule has 0 fully saturated rings. The summed E-state index contributed by atoms with van der Waals surface area (Å²) in [6.45, 7) is 2.65. The van der Waals surface area contributed by atoms with Gasteiger partial charge in [0.1, 0.15) is 5.69 Å². The third kappa shape index (κ3) is 3.45. The van der Waals surface area contributed by atoms with Crippen LogP contribution in [0.4, 0.5) is 5.13 Å². The van der Waals surface area contributed by atoms with E-state index in [0.717, 1.165) is 4.47 Å². The van der Waals surface area contributed by atoms with E-state index in [4.69, 9.17) is 5.73 Å². The highest BCUT2D eigenvalue weighted by molar-refractivity contribution is 9.10. The van der Waals surface area contributed by atoms with Gasteiger partial charge in [0.25, 0.3) is 5.91 Å². The number of aryl methyl sites for hydroxylation is 1. The van der Waals surface area contributed by atoms with Gasteiger partial charge in [0.05, 0.1) is 12.1 Å². The number of nitrogens with one attached hydrogen (secondary N) is 1. The monoisotopic (exact) mass is 356 g/mol. The lowest BCUT2D eigenvalue weighted by Gasteiger charge is -2.05. The molecule has 106 valence electrons. The second kappa shape index (κ2) is 6.19. The average molecular weight is 357 g/mol. The number of nitrogens with two attached hydrogens (primary N) is 1. The molecular formula is C12H13BrN4O2S. The maximum atomic E-state index is 12.2. The van der Waals surface area contributed by atoms with Crippen molar-refractivity contribution in [2.75, 3.05) is 5.32 Å². The first-order valence-corrected chi connectivity index (χ1v) is 7.56. The number of thiazole rings is 1. The Morgan fingerprint density at radius 2 is 2.30 bits per heavy atom. The predicted molar refractivity (Wildman–Crippen MR) is 80.8 cm³/mol. The fourth-order valence-electron chi connectivity index (χ4n) is 1.71. The highest BCUT2D eigenvalue weighted by Gasteiger charge is 2.14. The summed E-state index contributed by atoms with van der Waals surface area (Å²) in [4.78, 5) is 27.1. The van der Waals surface area contributed by atoms with Gasteiger partial charge >= 0.3 is 0 Å². The summed E-state index contributed by atoms with van der Waals surface area (Å²) < 4.78 is 2.68. The highest BCUT2D eigenvalue weighted by atomic mass is 79.9. The quantitative estimate of drug-likeness (QED) is 0.858. The molecule has 0 aliphatic carbocycles. The van der Waals surface area contributed by atoms with Crippen molar-refractivity contribution < 1.29 is 9.59 Å². The van der Waals surface area contributed by atoms with Gasteiger partial charge in [0.15, 0.2) is 5.13 Å². The Balaban J connectivity index is 2.11. The molecule has 0 aromatic carbocycles. The van der Waals surface area contributed by atoms with Crippen LogP contribution in [0.25, 0.3) is 0 Å². The molecule has 0 bridgehead atoms. The minimum Gasteiger partial charge on any atom is -0.369 e. The summed E-state index contributed by atoms with van der Waals surface area (Å²) in [5, 5.41) is 4.87. The van der Waals surface area contributed by atoms with Crippen LogP contribution in [0, 0.1) is 0 Å². The lowest BCUT2D eigenvalue weighted by Crippen LogP contribution is -2.17. The summed E-state index contributed by atoms with van der Waals surface area (Å²) in [5.41, 5.74) is 6.20. The van der Waals surface area contributed by atoms with Crippen molar-refractivity contribution in [3.8, 4) is 0 Å². The molecule has 20 heavy (non-hydrogen) atoms. The molecule has 2 heterocycles. The molecule has 6 nitrogen and oxygen atoms in total. The van der Waals surface area contributed by atoms with Gasteiger partial charge < -0.3 is 10.3 Å². The largest absolute Gasteiger partial charge is 0.369 e. The van der Waals surface area contributed by atoms with Crippen LogP contribution in [0.5, 0.6) is 0 Å². The van der Waals surface area contributed by atoms with Crippen LogP contribution < -0.4 is 11.1 Å².